The number of carbonyl (C=O) groups is 4. The molecule has 300 valence electrons. The van der Waals surface area contributed by atoms with Crippen LogP contribution in [0.3, 0.4) is 0 Å². The van der Waals surface area contributed by atoms with Crippen molar-refractivity contribution in [1.29, 1.82) is 0 Å². The molecule has 1 aromatic carbocycles. The number of hydrogen-bond acceptors (Lipinski definition) is 10. The number of amides is 4. The van der Waals surface area contributed by atoms with Gasteiger partial charge in [0.15, 0.2) is 0 Å². The summed E-state index contributed by atoms with van der Waals surface area (Å²) in [5.74, 6) is -2.31. The highest BCUT2D eigenvalue weighted by atomic mass is 32.2. The van der Waals surface area contributed by atoms with Crippen LogP contribution < -0.4 is 24.8 Å². The first-order chi connectivity index (χ1) is 25.9. The molecule has 14 nitrogen and oxygen atoms in total. The van der Waals surface area contributed by atoms with Crippen molar-refractivity contribution in [3.05, 3.63) is 42.6 Å². The molecule has 4 amide bonds. The quantitative estimate of drug-likeness (QED) is 0.318. The molecule has 16 heteroatoms. The van der Waals surface area contributed by atoms with Gasteiger partial charge in [0.05, 0.1) is 19.3 Å². The molecule has 3 N–H and O–H groups in total. The molecule has 0 unspecified atom stereocenters. The van der Waals surface area contributed by atoms with E-state index in [1.165, 1.54) is 4.90 Å². The maximum Gasteiger partial charge on any atom is 0.408 e. The first kappa shape index (κ1) is 40.2. The van der Waals surface area contributed by atoms with Crippen molar-refractivity contribution in [1.82, 2.24) is 25.2 Å². The lowest BCUT2D eigenvalue weighted by molar-refractivity contribution is -0.142. The van der Waals surface area contributed by atoms with Crippen LogP contribution in [0.1, 0.15) is 86.5 Å². The number of fused-ring (bicyclic) bond motifs is 3. The van der Waals surface area contributed by atoms with E-state index < -0.39 is 74.1 Å². The van der Waals surface area contributed by atoms with Crippen molar-refractivity contribution < 1.29 is 46.2 Å². The maximum atomic E-state index is 14.8. The fraction of sp³-hybridized carbons (Fsp3) is 0.615. The van der Waals surface area contributed by atoms with E-state index in [0.29, 0.717) is 30.6 Å². The number of ether oxygens (including phenoxy) is 3. The molecule has 2 aliphatic heterocycles. The van der Waals surface area contributed by atoms with E-state index in [-0.39, 0.29) is 49.9 Å². The summed E-state index contributed by atoms with van der Waals surface area (Å²) in [5.41, 5.74) is -2.54. The molecule has 1 saturated heterocycles. The molecule has 7 atom stereocenters. The van der Waals surface area contributed by atoms with Gasteiger partial charge in [0.2, 0.25) is 22.7 Å². The van der Waals surface area contributed by atoms with E-state index in [1.807, 2.05) is 55.8 Å². The Morgan fingerprint density at radius 2 is 1.82 bits per heavy atom. The predicted octanol–water partition coefficient (Wildman–Crippen LogP) is 4.67. The van der Waals surface area contributed by atoms with Gasteiger partial charge in [0, 0.05) is 36.0 Å². The van der Waals surface area contributed by atoms with Crippen molar-refractivity contribution in [3.63, 3.8) is 0 Å². The minimum Gasteiger partial charge on any atom is -0.492 e. The molecular weight excluding hydrogens is 734 g/mol. The molecule has 2 aromatic rings. The molecule has 0 bridgehead atoms. The summed E-state index contributed by atoms with van der Waals surface area (Å²) in [6, 6.07) is 5.10. The van der Waals surface area contributed by atoms with Crippen LogP contribution in [0.2, 0.25) is 0 Å². The Morgan fingerprint density at radius 1 is 1.11 bits per heavy atom. The van der Waals surface area contributed by atoms with E-state index in [0.717, 1.165) is 11.8 Å². The number of alkyl carbamates (subject to hydrolysis) is 1. The Kier molecular flexibility index (Phi) is 11.1. The average Bonchev–Trinajstić information content (AvgIpc) is 3.99. The minimum absolute atomic E-state index is 0.0190. The summed E-state index contributed by atoms with van der Waals surface area (Å²) in [5, 5.41) is 4.45. The Labute approximate surface area is 321 Å². The lowest BCUT2D eigenvalue weighted by atomic mass is 9.88. The number of hydrogen-bond donors (Lipinski definition) is 3. The van der Waals surface area contributed by atoms with E-state index in [9.17, 15) is 32.0 Å². The standard InChI is InChI=1S/C39H52FN5O9S/c1-7-52-30-21-41-33(28-15-11-10-14-27(28)30)53-26-19-29-32(46)43-39(35(48)44-55(50,51)38(40)16-17-38)20-25(39)13-9-8-12-23(2)18-24(3)31(34(47)45(29)22-26)42-36(49)54-37(4,5)6/h9-11,13-15,21,23-26,29,31H,7-8,12,16-20,22H2,1-6H3,(H,42,49)(H,43,46)(H,44,48)/b13-9-/t23-,24-,25-,26-,29+,31+,39-/m1/s1. The van der Waals surface area contributed by atoms with Crippen molar-refractivity contribution in [3.8, 4) is 11.6 Å². The largest absolute Gasteiger partial charge is 0.492 e. The number of nitrogens with one attached hydrogen (secondary N) is 3. The third-order valence-electron chi connectivity index (χ3n) is 10.7. The lowest BCUT2D eigenvalue weighted by Gasteiger charge is -2.33. The van der Waals surface area contributed by atoms with Crippen LogP contribution in [0.15, 0.2) is 42.6 Å². The molecule has 2 saturated carbocycles. The van der Waals surface area contributed by atoms with Gasteiger partial charge in [-0.25, -0.2) is 27.3 Å². The Balaban J connectivity index is 1.35. The monoisotopic (exact) mass is 785 g/mol. The van der Waals surface area contributed by atoms with Crippen LogP contribution in [0.5, 0.6) is 11.6 Å². The van der Waals surface area contributed by atoms with Crippen molar-refractivity contribution in [2.45, 2.75) is 121 Å². The van der Waals surface area contributed by atoms with Crippen LogP contribution in [-0.2, 0) is 29.1 Å². The van der Waals surface area contributed by atoms with Gasteiger partial charge in [0.1, 0.15) is 35.1 Å². The first-order valence-corrected chi connectivity index (χ1v) is 20.6. The Hall–Kier alpha value is -4.47. The van der Waals surface area contributed by atoms with E-state index >= 15 is 0 Å². The fourth-order valence-electron chi connectivity index (χ4n) is 7.59. The third-order valence-corrected chi connectivity index (χ3v) is 12.6. The molecule has 0 spiro atoms. The van der Waals surface area contributed by atoms with Gasteiger partial charge in [-0.3, -0.25) is 14.4 Å². The second-order valence-electron chi connectivity index (χ2n) is 16.4. The Bertz CT molecular complexity index is 1970. The summed E-state index contributed by atoms with van der Waals surface area (Å²) in [4.78, 5) is 62.0. The number of benzene rings is 1. The number of allylic oxidation sites excluding steroid dienone is 1. The zero-order chi connectivity index (χ0) is 39.9. The molecule has 1 aromatic heterocycles. The van der Waals surface area contributed by atoms with Crippen molar-refractivity contribution in [2.24, 2.45) is 17.8 Å². The lowest BCUT2D eigenvalue weighted by Crippen LogP contribution is -2.59. The second kappa shape index (κ2) is 15.2. The molecular formula is C39H52FN5O9S. The Morgan fingerprint density at radius 3 is 2.49 bits per heavy atom. The zero-order valence-corrected chi connectivity index (χ0v) is 33.0. The predicted molar refractivity (Wildman–Crippen MR) is 201 cm³/mol. The average molecular weight is 786 g/mol. The number of sulfonamides is 1. The summed E-state index contributed by atoms with van der Waals surface area (Å²) in [6.45, 7) is 11.3. The van der Waals surface area contributed by atoms with Crippen molar-refractivity contribution in [2.75, 3.05) is 13.2 Å². The van der Waals surface area contributed by atoms with E-state index in [1.54, 1.807) is 33.0 Å². The van der Waals surface area contributed by atoms with Crippen LogP contribution in [0.4, 0.5) is 9.18 Å². The zero-order valence-electron chi connectivity index (χ0n) is 32.2. The third kappa shape index (κ3) is 8.68. The molecule has 2 aliphatic carbocycles. The summed E-state index contributed by atoms with van der Waals surface area (Å²) in [7, 11) is -4.66. The maximum absolute atomic E-state index is 14.8. The van der Waals surface area contributed by atoms with Crippen molar-refractivity contribution >= 4 is 44.6 Å². The highest BCUT2D eigenvalue weighted by molar-refractivity contribution is 7.91. The molecule has 6 rings (SSSR count). The second-order valence-corrected chi connectivity index (χ2v) is 18.4. The summed E-state index contributed by atoms with van der Waals surface area (Å²) < 4.78 is 60.1. The molecule has 4 aliphatic rings. The van der Waals surface area contributed by atoms with Gasteiger partial charge < -0.3 is 29.7 Å². The van der Waals surface area contributed by atoms with Gasteiger partial charge in [-0.05, 0) is 71.3 Å². The highest BCUT2D eigenvalue weighted by Crippen LogP contribution is 2.48. The van der Waals surface area contributed by atoms with Crippen LogP contribution in [0, 0.1) is 17.8 Å². The number of carbonyl (C=O) groups excluding carboxylic acids is 4. The molecule has 0 radical (unpaired) electrons. The number of nitrogens with zero attached hydrogens (tertiary/aromatic N) is 2. The molecule has 3 heterocycles. The minimum atomic E-state index is -4.66. The van der Waals surface area contributed by atoms with Gasteiger partial charge in [-0.2, -0.15) is 0 Å². The molecule has 3 fully saturated rings. The van der Waals surface area contributed by atoms with E-state index in [4.69, 9.17) is 14.2 Å². The summed E-state index contributed by atoms with van der Waals surface area (Å²) >= 11 is 0. The number of alkyl halides is 1. The number of pyridine rings is 1. The SMILES string of the molecule is CCOc1cnc(O[C@@H]2C[C@H]3C(=O)N[C@]4(C(=O)NS(=O)(=O)C5(F)CC5)C[C@H]4/C=C\CC[C@@H](C)C[C@@H](C)[C@H](NC(=O)OC(C)(C)C)C(=O)N3C2)c2ccccc12. The summed E-state index contributed by atoms with van der Waals surface area (Å²) in [6.07, 6.45) is 5.17. The molecule has 55 heavy (non-hydrogen) atoms. The smallest absolute Gasteiger partial charge is 0.408 e. The van der Waals surface area contributed by atoms with Gasteiger partial charge in [0.25, 0.3) is 15.9 Å². The van der Waals surface area contributed by atoms with E-state index in [2.05, 4.69) is 15.6 Å². The highest BCUT2D eigenvalue weighted by Gasteiger charge is 2.64. The van der Waals surface area contributed by atoms with Crippen LogP contribution in [-0.4, -0.2) is 89.6 Å². The van der Waals surface area contributed by atoms with Gasteiger partial charge in [-0.15, -0.1) is 0 Å². The number of aromatic nitrogens is 1. The number of halogens is 1. The normalized spacial score (nSPS) is 30.1. The van der Waals surface area contributed by atoms with Crippen LogP contribution in [0.25, 0.3) is 10.8 Å². The first-order valence-electron chi connectivity index (χ1n) is 19.1. The fourth-order valence-corrected chi connectivity index (χ4v) is 8.83. The van der Waals surface area contributed by atoms with Gasteiger partial charge >= 0.3 is 6.09 Å². The number of rotatable bonds is 8. The topological polar surface area (TPSA) is 182 Å². The van der Waals surface area contributed by atoms with Crippen LogP contribution >= 0.6 is 0 Å². The van der Waals surface area contributed by atoms with Gasteiger partial charge in [-0.1, -0.05) is 44.2 Å².